The van der Waals surface area contributed by atoms with Gasteiger partial charge in [0.15, 0.2) is 5.13 Å². The molecule has 5 heteroatoms. The van der Waals surface area contributed by atoms with E-state index in [9.17, 15) is 0 Å². The summed E-state index contributed by atoms with van der Waals surface area (Å²) in [7, 11) is 0. The van der Waals surface area contributed by atoms with E-state index in [1.165, 1.54) is 11.1 Å². The van der Waals surface area contributed by atoms with Crippen LogP contribution in [0.1, 0.15) is 16.1 Å². The first-order valence-electron chi connectivity index (χ1n) is 4.76. The Balaban J connectivity index is 2.18. The van der Waals surface area contributed by atoms with Gasteiger partial charge in [0.2, 0.25) is 0 Å². The Bertz CT molecular complexity index is 517. The smallest absolute Gasteiger partial charge is 0.188 e. The summed E-state index contributed by atoms with van der Waals surface area (Å²) in [6.45, 7) is 4.01. The Morgan fingerprint density at radius 1 is 1.38 bits per heavy atom. The second-order valence-electron chi connectivity index (χ2n) is 3.33. The number of pyridine rings is 1. The van der Waals surface area contributed by atoms with Gasteiger partial charge in [-0.25, -0.2) is 9.97 Å². The lowest BCUT2D eigenvalue weighted by molar-refractivity contribution is 1.21. The minimum Gasteiger partial charge on any atom is -0.316 e. The highest BCUT2D eigenvalue weighted by Gasteiger charge is 2.04. The van der Waals surface area contributed by atoms with Crippen molar-refractivity contribution in [2.75, 3.05) is 5.32 Å². The predicted molar refractivity (Wildman–Crippen MR) is 63.8 cm³/mol. The molecule has 0 bridgehead atoms. The Kier molecular flexibility index (Phi) is 2.84. The third-order valence-electron chi connectivity index (χ3n) is 2.16. The van der Waals surface area contributed by atoms with Crippen LogP contribution in [0.3, 0.4) is 0 Å². The second kappa shape index (κ2) is 4.29. The summed E-state index contributed by atoms with van der Waals surface area (Å²) in [6, 6.07) is 5.52. The van der Waals surface area contributed by atoms with Gasteiger partial charge in [-0.2, -0.15) is 5.26 Å². The van der Waals surface area contributed by atoms with Crippen LogP contribution in [0.15, 0.2) is 18.3 Å². The molecule has 2 aromatic heterocycles. The van der Waals surface area contributed by atoms with Gasteiger partial charge in [-0.05, 0) is 26.0 Å². The van der Waals surface area contributed by atoms with Gasteiger partial charge in [-0.15, -0.1) is 11.3 Å². The first kappa shape index (κ1) is 10.6. The van der Waals surface area contributed by atoms with E-state index < -0.39 is 0 Å². The summed E-state index contributed by atoms with van der Waals surface area (Å²) in [5, 5.41) is 12.6. The van der Waals surface area contributed by atoms with Crippen LogP contribution in [0.4, 0.5) is 10.9 Å². The average Bonchev–Trinajstić information content (AvgIpc) is 2.59. The topological polar surface area (TPSA) is 61.6 Å². The van der Waals surface area contributed by atoms with Crippen molar-refractivity contribution in [2.45, 2.75) is 13.8 Å². The number of nitrogens with zero attached hydrogens (tertiary/aromatic N) is 3. The Labute approximate surface area is 97.6 Å². The van der Waals surface area contributed by atoms with Gasteiger partial charge < -0.3 is 5.32 Å². The second-order valence-corrected chi connectivity index (χ2v) is 4.53. The minimum absolute atomic E-state index is 0.553. The van der Waals surface area contributed by atoms with E-state index in [0.717, 1.165) is 10.8 Å². The van der Waals surface area contributed by atoms with Crippen molar-refractivity contribution in [3.8, 4) is 6.07 Å². The van der Waals surface area contributed by atoms with E-state index in [0.29, 0.717) is 11.4 Å². The molecule has 16 heavy (non-hydrogen) atoms. The number of rotatable bonds is 2. The maximum absolute atomic E-state index is 8.64. The molecule has 0 spiro atoms. The van der Waals surface area contributed by atoms with E-state index in [2.05, 4.69) is 15.3 Å². The van der Waals surface area contributed by atoms with E-state index in [-0.39, 0.29) is 0 Å². The third-order valence-corrected chi connectivity index (χ3v) is 3.14. The van der Waals surface area contributed by atoms with Crippen LogP contribution in [0.5, 0.6) is 0 Å². The molecule has 0 aliphatic rings. The molecule has 4 nitrogen and oxygen atoms in total. The van der Waals surface area contributed by atoms with Crippen LogP contribution in [-0.4, -0.2) is 9.97 Å². The number of nitriles is 1. The monoisotopic (exact) mass is 230 g/mol. The molecule has 2 heterocycles. The predicted octanol–water partition coefficient (Wildman–Crippen LogP) is 2.77. The largest absolute Gasteiger partial charge is 0.316 e. The Morgan fingerprint density at radius 2 is 2.19 bits per heavy atom. The quantitative estimate of drug-likeness (QED) is 0.861. The van der Waals surface area contributed by atoms with Crippen LogP contribution in [-0.2, 0) is 0 Å². The van der Waals surface area contributed by atoms with Crippen LogP contribution in [0.2, 0.25) is 0 Å². The van der Waals surface area contributed by atoms with E-state index in [1.54, 1.807) is 23.5 Å². The summed E-state index contributed by atoms with van der Waals surface area (Å²) in [4.78, 5) is 9.66. The molecular formula is C11H10N4S. The zero-order valence-corrected chi connectivity index (χ0v) is 9.80. The fraction of sp³-hybridized carbons (Fsp3) is 0.182. The fourth-order valence-corrected chi connectivity index (χ4v) is 1.99. The minimum atomic E-state index is 0.553. The fourth-order valence-electron chi connectivity index (χ4n) is 1.17. The number of aryl methyl sites for hydroxylation is 2. The zero-order valence-electron chi connectivity index (χ0n) is 8.98. The van der Waals surface area contributed by atoms with E-state index in [4.69, 9.17) is 5.26 Å². The van der Waals surface area contributed by atoms with E-state index >= 15 is 0 Å². The van der Waals surface area contributed by atoms with Gasteiger partial charge in [0.05, 0.1) is 11.3 Å². The van der Waals surface area contributed by atoms with E-state index in [1.807, 2.05) is 19.9 Å². The molecule has 0 fully saturated rings. The number of aromatic nitrogens is 2. The van der Waals surface area contributed by atoms with Gasteiger partial charge in [0.25, 0.3) is 0 Å². The summed E-state index contributed by atoms with van der Waals surface area (Å²) >= 11 is 1.59. The lowest BCUT2D eigenvalue weighted by atomic mass is 10.3. The molecule has 0 aromatic carbocycles. The first-order valence-corrected chi connectivity index (χ1v) is 5.58. The van der Waals surface area contributed by atoms with Crippen molar-refractivity contribution in [3.05, 3.63) is 34.5 Å². The molecular weight excluding hydrogens is 220 g/mol. The number of thiazole rings is 1. The van der Waals surface area contributed by atoms with Crippen molar-refractivity contribution < 1.29 is 0 Å². The third kappa shape index (κ3) is 2.18. The molecule has 0 aliphatic heterocycles. The highest BCUT2D eigenvalue weighted by molar-refractivity contribution is 7.15. The molecule has 0 amide bonds. The summed E-state index contributed by atoms with van der Waals surface area (Å²) in [5.74, 6) is 0.702. The highest BCUT2D eigenvalue weighted by atomic mass is 32.1. The molecule has 0 atom stereocenters. The lowest BCUT2D eigenvalue weighted by Gasteiger charge is -2.00. The number of anilines is 2. The van der Waals surface area contributed by atoms with Crippen molar-refractivity contribution in [2.24, 2.45) is 0 Å². The van der Waals surface area contributed by atoms with Crippen molar-refractivity contribution in [1.82, 2.24) is 9.97 Å². The van der Waals surface area contributed by atoms with Crippen LogP contribution >= 0.6 is 11.3 Å². The SMILES string of the molecule is Cc1nc(Nc2ccc(C#N)cn2)sc1C. The van der Waals surface area contributed by atoms with Crippen molar-refractivity contribution in [3.63, 3.8) is 0 Å². The van der Waals surface area contributed by atoms with Gasteiger partial charge in [0, 0.05) is 11.1 Å². The van der Waals surface area contributed by atoms with Crippen molar-refractivity contribution >= 4 is 22.3 Å². The molecule has 2 aromatic rings. The Hall–Kier alpha value is -1.93. The summed E-state index contributed by atoms with van der Waals surface area (Å²) in [5.41, 5.74) is 1.58. The summed E-state index contributed by atoms with van der Waals surface area (Å²) in [6.07, 6.45) is 1.54. The molecule has 0 saturated carbocycles. The Morgan fingerprint density at radius 3 is 2.69 bits per heavy atom. The summed E-state index contributed by atoms with van der Waals surface area (Å²) < 4.78 is 0. The zero-order chi connectivity index (χ0) is 11.5. The number of hydrogen-bond donors (Lipinski definition) is 1. The maximum atomic E-state index is 8.64. The molecule has 0 unspecified atom stereocenters. The molecule has 2 rings (SSSR count). The van der Waals surface area contributed by atoms with Crippen molar-refractivity contribution in [1.29, 1.82) is 5.26 Å². The number of hydrogen-bond acceptors (Lipinski definition) is 5. The molecule has 80 valence electrons. The molecule has 0 radical (unpaired) electrons. The van der Waals surface area contributed by atoms with Crippen LogP contribution < -0.4 is 5.32 Å². The average molecular weight is 230 g/mol. The molecule has 1 N–H and O–H groups in total. The van der Waals surface area contributed by atoms with Gasteiger partial charge in [-0.3, -0.25) is 0 Å². The number of nitrogens with one attached hydrogen (secondary N) is 1. The molecule has 0 aliphatic carbocycles. The highest BCUT2D eigenvalue weighted by Crippen LogP contribution is 2.23. The lowest BCUT2D eigenvalue weighted by Crippen LogP contribution is -1.92. The normalized spacial score (nSPS) is 9.81. The van der Waals surface area contributed by atoms with Gasteiger partial charge in [-0.1, -0.05) is 0 Å². The van der Waals surface area contributed by atoms with Crippen LogP contribution in [0.25, 0.3) is 0 Å². The van der Waals surface area contributed by atoms with Gasteiger partial charge in [0.1, 0.15) is 11.9 Å². The molecule has 0 saturated heterocycles. The van der Waals surface area contributed by atoms with Gasteiger partial charge >= 0.3 is 0 Å². The first-order chi connectivity index (χ1) is 7.69. The van der Waals surface area contributed by atoms with Crippen LogP contribution in [0, 0.1) is 25.2 Å². The standard InChI is InChI=1S/C11H10N4S/c1-7-8(2)16-11(14-7)15-10-4-3-9(5-12)6-13-10/h3-4,6H,1-2H3,(H,13,14,15). The maximum Gasteiger partial charge on any atom is 0.188 e.